The molecule has 1 atom stereocenters. The number of halogens is 1. The van der Waals surface area contributed by atoms with Crippen molar-refractivity contribution in [2.45, 2.75) is 30.8 Å². The maximum atomic E-state index is 11.1. The number of rotatable bonds is 3. The number of carbonyl (C=O) groups is 1. The summed E-state index contributed by atoms with van der Waals surface area (Å²) in [6.07, 6.45) is 2.06. The number of hydrogen-bond acceptors (Lipinski definition) is 2. The Morgan fingerprint density at radius 2 is 2.09 bits per heavy atom. The van der Waals surface area contributed by atoms with Gasteiger partial charge in [-0.1, -0.05) is 13.8 Å². The minimum absolute atomic E-state index is 0.00176. The van der Waals surface area contributed by atoms with Crippen LogP contribution < -0.4 is 0 Å². The molecule has 1 saturated carbocycles. The lowest BCUT2D eigenvalue weighted by Gasteiger charge is -2.14. The molecule has 1 fully saturated rings. The van der Waals surface area contributed by atoms with Gasteiger partial charge in [0.25, 0.3) is 0 Å². The second-order valence-electron chi connectivity index (χ2n) is 3.31. The molecule has 0 aromatic carbocycles. The normalized spacial score (nSPS) is 20.0. The summed E-state index contributed by atoms with van der Waals surface area (Å²) in [6.45, 7) is 4.11. The fraction of sp³-hybridized carbons (Fsp3) is 0.875. The summed E-state index contributed by atoms with van der Waals surface area (Å²) >= 11 is 2.16. The number of esters is 1. The van der Waals surface area contributed by atoms with Crippen LogP contribution in [0.4, 0.5) is 0 Å². The monoisotopic (exact) mass is 268 g/mol. The minimum Gasteiger partial charge on any atom is -0.451 e. The van der Waals surface area contributed by atoms with Crippen LogP contribution in [0.5, 0.6) is 0 Å². The highest BCUT2D eigenvalue weighted by Gasteiger charge is 2.32. The topological polar surface area (TPSA) is 26.3 Å². The third-order valence-electron chi connectivity index (χ3n) is 1.66. The fourth-order valence-corrected chi connectivity index (χ4v) is 0.913. The van der Waals surface area contributed by atoms with Crippen LogP contribution in [0.3, 0.4) is 0 Å². The molecule has 0 radical (unpaired) electrons. The number of ether oxygens (including phenoxy) is 1. The number of hydrogen-bond donors (Lipinski definition) is 0. The molecule has 64 valence electrons. The Kier molecular flexibility index (Phi) is 3.16. The average Bonchev–Trinajstić information content (AvgIpc) is 2.67. The molecule has 0 aromatic heterocycles. The van der Waals surface area contributed by atoms with Gasteiger partial charge in [-0.05, 0) is 41.4 Å². The van der Waals surface area contributed by atoms with Gasteiger partial charge in [0, 0.05) is 0 Å². The number of alkyl halides is 1. The van der Waals surface area contributed by atoms with Crippen LogP contribution in [-0.2, 0) is 9.53 Å². The Balaban J connectivity index is 2.23. The fourth-order valence-electron chi connectivity index (χ4n) is 0.662. The zero-order valence-electron chi connectivity index (χ0n) is 6.84. The van der Waals surface area contributed by atoms with E-state index in [1.807, 2.05) is 0 Å². The minimum atomic E-state index is -0.00176. The maximum absolute atomic E-state index is 11.1. The average molecular weight is 268 g/mol. The first-order valence-electron chi connectivity index (χ1n) is 3.96. The summed E-state index contributed by atoms with van der Waals surface area (Å²) in [5, 5.41) is 0. The van der Waals surface area contributed by atoms with E-state index in [1.54, 1.807) is 0 Å². The van der Waals surface area contributed by atoms with Gasteiger partial charge in [0.1, 0.15) is 0 Å². The summed E-state index contributed by atoms with van der Waals surface area (Å²) in [4.78, 5) is 11.1. The quantitative estimate of drug-likeness (QED) is 0.446. The highest BCUT2D eigenvalue weighted by Crippen LogP contribution is 2.31. The number of carbonyl (C=O) groups excluding carboxylic acids is 1. The van der Waals surface area contributed by atoms with Gasteiger partial charge in [0.2, 0.25) is 0 Å². The zero-order chi connectivity index (χ0) is 8.43. The molecule has 0 saturated heterocycles. The van der Waals surface area contributed by atoms with Crippen molar-refractivity contribution >= 4 is 28.6 Å². The zero-order valence-corrected chi connectivity index (χ0v) is 9.00. The molecule has 2 nitrogen and oxygen atoms in total. The predicted molar refractivity (Wildman–Crippen MR) is 51.5 cm³/mol. The Labute approximate surface area is 80.8 Å². The van der Waals surface area contributed by atoms with Crippen molar-refractivity contribution in [1.29, 1.82) is 0 Å². The lowest BCUT2D eigenvalue weighted by atomic mass is 10.2. The van der Waals surface area contributed by atoms with E-state index in [-0.39, 0.29) is 16.0 Å². The molecule has 0 aromatic rings. The van der Waals surface area contributed by atoms with Gasteiger partial charge in [-0.15, -0.1) is 0 Å². The van der Waals surface area contributed by atoms with Crippen molar-refractivity contribution in [3.8, 4) is 0 Å². The molecule has 0 amide bonds. The molecule has 1 aliphatic carbocycles. The third kappa shape index (κ3) is 2.97. The first kappa shape index (κ1) is 9.29. The van der Waals surface area contributed by atoms with E-state index in [2.05, 4.69) is 36.4 Å². The largest absolute Gasteiger partial charge is 0.451 e. The molecule has 3 heteroatoms. The molecule has 11 heavy (non-hydrogen) atoms. The SMILES string of the molecule is CC(C)[C@H](I)OC(=O)C1CC1. The van der Waals surface area contributed by atoms with Crippen molar-refractivity contribution in [2.24, 2.45) is 11.8 Å². The van der Waals surface area contributed by atoms with Crippen LogP contribution in [-0.4, -0.2) is 10.1 Å². The first-order chi connectivity index (χ1) is 5.11. The first-order valence-corrected chi connectivity index (χ1v) is 5.20. The maximum Gasteiger partial charge on any atom is 0.309 e. The van der Waals surface area contributed by atoms with E-state index in [0.29, 0.717) is 5.92 Å². The van der Waals surface area contributed by atoms with Crippen LogP contribution >= 0.6 is 22.6 Å². The van der Waals surface area contributed by atoms with Crippen molar-refractivity contribution < 1.29 is 9.53 Å². The lowest BCUT2D eigenvalue weighted by Crippen LogP contribution is -2.18. The van der Waals surface area contributed by atoms with Crippen LogP contribution in [0.2, 0.25) is 0 Å². The van der Waals surface area contributed by atoms with Gasteiger partial charge in [0.05, 0.1) is 5.92 Å². The molecular weight excluding hydrogens is 255 g/mol. The van der Waals surface area contributed by atoms with Crippen molar-refractivity contribution in [3.63, 3.8) is 0 Å². The van der Waals surface area contributed by atoms with Gasteiger partial charge in [-0.25, -0.2) is 0 Å². The lowest BCUT2D eigenvalue weighted by molar-refractivity contribution is -0.147. The smallest absolute Gasteiger partial charge is 0.309 e. The van der Waals surface area contributed by atoms with Crippen molar-refractivity contribution in [1.82, 2.24) is 0 Å². The van der Waals surface area contributed by atoms with Crippen LogP contribution in [0.1, 0.15) is 26.7 Å². The highest BCUT2D eigenvalue weighted by atomic mass is 127. The van der Waals surface area contributed by atoms with Crippen LogP contribution in [0, 0.1) is 11.8 Å². The van der Waals surface area contributed by atoms with Gasteiger partial charge in [-0.3, -0.25) is 4.79 Å². The van der Waals surface area contributed by atoms with E-state index in [1.165, 1.54) is 0 Å². The second-order valence-corrected chi connectivity index (χ2v) is 4.53. The van der Waals surface area contributed by atoms with E-state index in [9.17, 15) is 4.79 Å². The van der Waals surface area contributed by atoms with Gasteiger partial charge < -0.3 is 4.74 Å². The molecule has 0 spiro atoms. The van der Waals surface area contributed by atoms with Crippen molar-refractivity contribution in [3.05, 3.63) is 0 Å². The van der Waals surface area contributed by atoms with E-state index in [4.69, 9.17) is 4.74 Å². The summed E-state index contributed by atoms with van der Waals surface area (Å²) in [5.74, 6) is 0.641. The summed E-state index contributed by atoms with van der Waals surface area (Å²) in [7, 11) is 0. The summed E-state index contributed by atoms with van der Waals surface area (Å²) < 4.78 is 5.23. The molecule has 0 aliphatic heterocycles. The highest BCUT2D eigenvalue weighted by molar-refractivity contribution is 14.1. The van der Waals surface area contributed by atoms with E-state index < -0.39 is 0 Å². The molecule has 0 heterocycles. The summed E-state index contributed by atoms with van der Waals surface area (Å²) in [6, 6.07) is 0. The van der Waals surface area contributed by atoms with Crippen LogP contribution in [0.25, 0.3) is 0 Å². The Hall–Kier alpha value is 0.200. The molecule has 0 bridgehead atoms. The predicted octanol–water partition coefficient (Wildman–Crippen LogP) is 2.36. The Morgan fingerprint density at radius 1 is 1.55 bits per heavy atom. The standard InChI is InChI=1S/C8H13IO2/c1-5(2)7(9)11-8(10)6-3-4-6/h5-7H,3-4H2,1-2H3/t7-/m1/s1. The van der Waals surface area contributed by atoms with Gasteiger partial charge in [-0.2, -0.15) is 0 Å². The molecule has 0 unspecified atom stereocenters. The van der Waals surface area contributed by atoms with E-state index >= 15 is 0 Å². The molecule has 0 N–H and O–H groups in total. The third-order valence-corrected chi connectivity index (χ3v) is 3.36. The van der Waals surface area contributed by atoms with Crippen molar-refractivity contribution in [2.75, 3.05) is 0 Å². The Bertz CT molecular complexity index is 152. The molecular formula is C8H13IO2. The van der Waals surface area contributed by atoms with Crippen LogP contribution in [0.15, 0.2) is 0 Å². The Morgan fingerprint density at radius 3 is 2.45 bits per heavy atom. The second kappa shape index (κ2) is 3.74. The van der Waals surface area contributed by atoms with E-state index in [0.717, 1.165) is 12.8 Å². The molecule has 1 aliphatic rings. The summed E-state index contributed by atoms with van der Waals surface area (Å²) in [5.41, 5.74) is 0. The molecule has 1 rings (SSSR count). The van der Waals surface area contributed by atoms with Gasteiger partial charge in [0.15, 0.2) is 4.11 Å². The van der Waals surface area contributed by atoms with Gasteiger partial charge >= 0.3 is 5.97 Å².